The van der Waals surface area contributed by atoms with Crippen molar-refractivity contribution in [2.24, 2.45) is 0 Å². The number of phenols is 1. The Bertz CT molecular complexity index is 457. The van der Waals surface area contributed by atoms with Crippen LogP contribution in [0.4, 0.5) is 0 Å². The molecule has 3 N–H and O–H groups in total. The number of fused-ring (bicyclic) bond motifs is 1. The first-order valence-electron chi connectivity index (χ1n) is 5.29. The summed E-state index contributed by atoms with van der Waals surface area (Å²) in [5, 5.41) is 31.7. The van der Waals surface area contributed by atoms with Crippen molar-refractivity contribution < 1.29 is 10.2 Å². The number of nitriles is 1. The molecule has 0 spiro atoms. The molecule has 5 heteroatoms. The number of halogens is 1. The van der Waals surface area contributed by atoms with Crippen molar-refractivity contribution in [3.05, 3.63) is 28.8 Å². The number of benzene rings is 1. The highest BCUT2D eigenvalue weighted by molar-refractivity contribution is 5.85. The Kier molecular flexibility index (Phi) is 4.35. The fourth-order valence-corrected chi connectivity index (χ4v) is 2.30. The van der Waals surface area contributed by atoms with Gasteiger partial charge in [-0.25, -0.2) is 0 Å². The molecule has 0 fully saturated rings. The van der Waals surface area contributed by atoms with E-state index in [4.69, 9.17) is 5.26 Å². The third-order valence-electron chi connectivity index (χ3n) is 3.21. The van der Waals surface area contributed by atoms with Gasteiger partial charge in [0.05, 0.1) is 11.7 Å². The lowest BCUT2D eigenvalue weighted by Gasteiger charge is -2.30. The molecule has 4 nitrogen and oxygen atoms in total. The molecule has 0 saturated heterocycles. The molecule has 1 aliphatic carbocycles. The SMILES string of the molecule is CN[C@@H]1CCc2c(ccc(O)c2C#N)[C@H]1O.Cl. The van der Waals surface area contributed by atoms with Gasteiger partial charge in [0.1, 0.15) is 11.8 Å². The van der Waals surface area contributed by atoms with Gasteiger partial charge < -0.3 is 15.5 Å². The van der Waals surface area contributed by atoms with Crippen LogP contribution < -0.4 is 5.32 Å². The van der Waals surface area contributed by atoms with Crippen molar-refractivity contribution in [1.29, 1.82) is 5.26 Å². The van der Waals surface area contributed by atoms with E-state index in [9.17, 15) is 10.2 Å². The largest absolute Gasteiger partial charge is 0.507 e. The summed E-state index contributed by atoms with van der Waals surface area (Å²) in [6.45, 7) is 0. The number of nitrogens with one attached hydrogen (secondary N) is 1. The van der Waals surface area contributed by atoms with E-state index in [1.807, 2.05) is 13.1 Å². The van der Waals surface area contributed by atoms with Crippen molar-refractivity contribution in [2.75, 3.05) is 7.05 Å². The number of rotatable bonds is 1. The smallest absolute Gasteiger partial charge is 0.133 e. The molecule has 0 heterocycles. The first-order valence-corrected chi connectivity index (χ1v) is 5.29. The van der Waals surface area contributed by atoms with Crippen molar-refractivity contribution in [3.63, 3.8) is 0 Å². The van der Waals surface area contributed by atoms with Gasteiger partial charge in [0.15, 0.2) is 0 Å². The number of likely N-dealkylation sites (N-methyl/N-ethyl adjacent to an activating group) is 1. The van der Waals surface area contributed by atoms with E-state index in [0.717, 1.165) is 17.5 Å². The van der Waals surface area contributed by atoms with E-state index in [1.165, 1.54) is 6.07 Å². The molecule has 0 saturated carbocycles. The third-order valence-corrected chi connectivity index (χ3v) is 3.21. The molecule has 0 amide bonds. The maximum Gasteiger partial charge on any atom is 0.133 e. The maximum atomic E-state index is 10.1. The minimum Gasteiger partial charge on any atom is -0.507 e. The van der Waals surface area contributed by atoms with Crippen LogP contribution in [0, 0.1) is 11.3 Å². The minimum atomic E-state index is -0.610. The van der Waals surface area contributed by atoms with Gasteiger partial charge in [-0.2, -0.15) is 5.26 Å². The van der Waals surface area contributed by atoms with Crippen LogP contribution in [0.5, 0.6) is 5.75 Å². The van der Waals surface area contributed by atoms with Gasteiger partial charge in [0, 0.05) is 6.04 Å². The number of hydrogen-bond acceptors (Lipinski definition) is 4. The summed E-state index contributed by atoms with van der Waals surface area (Å²) in [4.78, 5) is 0. The third kappa shape index (κ3) is 2.22. The van der Waals surface area contributed by atoms with Crippen LogP contribution in [0.25, 0.3) is 0 Å². The molecule has 1 aromatic carbocycles. The minimum absolute atomic E-state index is 0. The Morgan fingerprint density at radius 1 is 1.47 bits per heavy atom. The van der Waals surface area contributed by atoms with Gasteiger partial charge in [-0.15, -0.1) is 12.4 Å². The van der Waals surface area contributed by atoms with Crippen LogP contribution in [0.1, 0.15) is 29.2 Å². The summed E-state index contributed by atoms with van der Waals surface area (Å²) < 4.78 is 0. The Hall–Kier alpha value is -1.28. The summed E-state index contributed by atoms with van der Waals surface area (Å²) in [7, 11) is 1.81. The first kappa shape index (κ1) is 13.8. The Balaban J connectivity index is 0.00000144. The van der Waals surface area contributed by atoms with Gasteiger partial charge in [0.25, 0.3) is 0 Å². The van der Waals surface area contributed by atoms with Crippen LogP contribution in [0.15, 0.2) is 12.1 Å². The quantitative estimate of drug-likeness (QED) is 0.705. The van der Waals surface area contributed by atoms with Crippen LogP contribution in [-0.4, -0.2) is 23.3 Å². The molecule has 1 aromatic rings. The van der Waals surface area contributed by atoms with Crippen molar-refractivity contribution in [1.82, 2.24) is 5.32 Å². The second kappa shape index (κ2) is 5.37. The molecule has 1 aliphatic rings. The number of aliphatic hydroxyl groups excluding tert-OH is 1. The fraction of sp³-hybridized carbons (Fsp3) is 0.417. The summed E-state index contributed by atoms with van der Waals surface area (Å²) in [5.74, 6) is -0.00337. The molecule has 0 aromatic heterocycles. The monoisotopic (exact) mass is 254 g/mol. The lowest BCUT2D eigenvalue weighted by molar-refractivity contribution is 0.119. The van der Waals surface area contributed by atoms with Crippen molar-refractivity contribution in [3.8, 4) is 11.8 Å². The van der Waals surface area contributed by atoms with Crippen molar-refractivity contribution in [2.45, 2.75) is 25.0 Å². The molecule has 2 rings (SSSR count). The molecular weight excluding hydrogens is 240 g/mol. The topological polar surface area (TPSA) is 76.3 Å². The van der Waals surface area contributed by atoms with E-state index >= 15 is 0 Å². The molecule has 0 radical (unpaired) electrons. The molecule has 0 unspecified atom stereocenters. The van der Waals surface area contributed by atoms with Crippen LogP contribution in [0.2, 0.25) is 0 Å². The maximum absolute atomic E-state index is 10.1. The normalized spacial score (nSPS) is 22.2. The average Bonchev–Trinajstić information content (AvgIpc) is 2.29. The molecule has 0 aliphatic heterocycles. The van der Waals surface area contributed by atoms with E-state index in [2.05, 4.69) is 5.32 Å². The number of nitrogens with zero attached hydrogens (tertiary/aromatic N) is 1. The number of phenolic OH excluding ortho intramolecular Hbond substituents is 1. The predicted molar refractivity (Wildman–Crippen MR) is 66.2 cm³/mol. The Labute approximate surface area is 106 Å². The second-order valence-electron chi connectivity index (χ2n) is 4.02. The fourth-order valence-electron chi connectivity index (χ4n) is 2.30. The number of aliphatic hydroxyl groups is 1. The standard InChI is InChI=1S/C12H14N2O2.ClH/c1-14-10-4-2-7-8(12(10)16)3-5-11(15)9(7)6-13;/h3,5,10,12,14-16H,2,4H2,1H3;1H/t10-,12-;/m1./s1. The summed E-state index contributed by atoms with van der Waals surface area (Å²) >= 11 is 0. The van der Waals surface area contributed by atoms with Crippen molar-refractivity contribution >= 4 is 12.4 Å². The number of aromatic hydroxyl groups is 1. The lowest BCUT2D eigenvalue weighted by atomic mass is 9.83. The van der Waals surface area contributed by atoms with E-state index < -0.39 is 6.10 Å². The van der Waals surface area contributed by atoms with Gasteiger partial charge >= 0.3 is 0 Å². The van der Waals surface area contributed by atoms with E-state index in [0.29, 0.717) is 12.0 Å². The first-order chi connectivity index (χ1) is 7.69. The zero-order chi connectivity index (χ0) is 11.7. The van der Waals surface area contributed by atoms with Gasteiger partial charge in [0.2, 0.25) is 0 Å². The Morgan fingerprint density at radius 3 is 2.76 bits per heavy atom. The zero-order valence-corrected chi connectivity index (χ0v) is 10.3. The lowest BCUT2D eigenvalue weighted by Crippen LogP contribution is -2.36. The average molecular weight is 255 g/mol. The molecule has 0 bridgehead atoms. The second-order valence-corrected chi connectivity index (χ2v) is 4.02. The molecule has 2 atom stereocenters. The number of hydrogen-bond donors (Lipinski definition) is 3. The van der Waals surface area contributed by atoms with E-state index in [1.54, 1.807) is 6.07 Å². The molecule has 17 heavy (non-hydrogen) atoms. The highest BCUT2D eigenvalue weighted by Gasteiger charge is 2.29. The summed E-state index contributed by atoms with van der Waals surface area (Å²) in [6, 6.07) is 5.18. The predicted octanol–water partition coefficient (Wildman–Crippen LogP) is 1.25. The van der Waals surface area contributed by atoms with Gasteiger partial charge in [-0.05, 0) is 37.1 Å². The van der Waals surface area contributed by atoms with Crippen LogP contribution in [-0.2, 0) is 6.42 Å². The van der Waals surface area contributed by atoms with Crippen LogP contribution in [0.3, 0.4) is 0 Å². The summed E-state index contributed by atoms with van der Waals surface area (Å²) in [6.07, 6.45) is 0.860. The van der Waals surface area contributed by atoms with Gasteiger partial charge in [-0.3, -0.25) is 0 Å². The zero-order valence-electron chi connectivity index (χ0n) is 9.47. The van der Waals surface area contributed by atoms with E-state index in [-0.39, 0.29) is 24.2 Å². The van der Waals surface area contributed by atoms with Crippen LogP contribution >= 0.6 is 12.4 Å². The Morgan fingerprint density at radius 2 is 2.18 bits per heavy atom. The highest BCUT2D eigenvalue weighted by atomic mass is 35.5. The molecular formula is C12H15ClN2O2. The highest BCUT2D eigenvalue weighted by Crippen LogP contribution is 2.35. The molecule has 92 valence electrons. The van der Waals surface area contributed by atoms with Gasteiger partial charge in [-0.1, -0.05) is 6.07 Å². The summed E-state index contributed by atoms with van der Waals surface area (Å²) in [5.41, 5.74) is 1.83.